The molecule has 0 spiro atoms. The minimum Gasteiger partial charge on any atom is -0.462 e. The van der Waals surface area contributed by atoms with Crippen molar-refractivity contribution in [1.29, 1.82) is 0 Å². The number of aliphatic hydroxyl groups excluding tert-OH is 1. The van der Waals surface area contributed by atoms with Crippen molar-refractivity contribution < 1.29 is 80.2 Å². The predicted octanol–water partition coefficient (Wildman–Crippen LogP) is 22.2. The van der Waals surface area contributed by atoms with Crippen LogP contribution >= 0.6 is 15.6 Å². The number of aliphatic hydroxyl groups is 1. The lowest BCUT2D eigenvalue weighted by atomic mass is 10.0. The van der Waals surface area contributed by atoms with Crippen LogP contribution in [0.5, 0.6) is 0 Å². The molecule has 0 rings (SSSR count). The van der Waals surface area contributed by atoms with Crippen LogP contribution in [0.2, 0.25) is 0 Å². The number of carbonyl (C=O) groups is 4. The van der Waals surface area contributed by atoms with Crippen LogP contribution in [0, 0.1) is 0 Å². The van der Waals surface area contributed by atoms with E-state index in [1.165, 1.54) is 70.6 Å². The Balaban J connectivity index is 5.35. The van der Waals surface area contributed by atoms with Crippen LogP contribution in [0.3, 0.4) is 0 Å². The number of phosphoric ester groups is 2. The monoisotopic (exact) mass is 1420 g/mol. The molecule has 98 heavy (non-hydrogen) atoms. The van der Waals surface area contributed by atoms with Crippen molar-refractivity contribution >= 4 is 39.5 Å². The highest BCUT2D eigenvalue weighted by atomic mass is 31.2. The van der Waals surface area contributed by atoms with E-state index in [1.807, 2.05) is 0 Å². The van der Waals surface area contributed by atoms with Crippen LogP contribution in [0.15, 0.2) is 85.1 Å². The first-order valence-electron chi connectivity index (χ1n) is 38.8. The van der Waals surface area contributed by atoms with Gasteiger partial charge in [0, 0.05) is 25.7 Å². The van der Waals surface area contributed by atoms with Crippen LogP contribution in [0.25, 0.3) is 0 Å². The van der Waals surface area contributed by atoms with Gasteiger partial charge in [-0.3, -0.25) is 37.3 Å². The van der Waals surface area contributed by atoms with Crippen molar-refractivity contribution in [2.45, 2.75) is 354 Å². The summed E-state index contributed by atoms with van der Waals surface area (Å²) in [7, 11) is -9.95. The van der Waals surface area contributed by atoms with Gasteiger partial charge in [0.15, 0.2) is 12.2 Å². The molecule has 0 aromatic carbocycles. The molecule has 0 saturated carbocycles. The molecule has 0 aliphatic rings. The topological polar surface area (TPSA) is 237 Å². The molecule has 568 valence electrons. The highest BCUT2D eigenvalue weighted by molar-refractivity contribution is 7.47. The number of allylic oxidation sites excluding steroid dienone is 14. The summed E-state index contributed by atoms with van der Waals surface area (Å²) in [5.74, 6) is -2.19. The van der Waals surface area contributed by atoms with E-state index >= 15 is 0 Å². The second-order valence-corrected chi connectivity index (χ2v) is 28.8. The minimum atomic E-state index is -4.98. The van der Waals surface area contributed by atoms with E-state index in [2.05, 4.69) is 113 Å². The molecule has 0 bridgehead atoms. The van der Waals surface area contributed by atoms with Crippen LogP contribution < -0.4 is 0 Å². The number of unbranched alkanes of at least 4 members (excludes halogenated alkanes) is 33. The summed E-state index contributed by atoms with van der Waals surface area (Å²) in [6.45, 7) is 4.67. The van der Waals surface area contributed by atoms with Gasteiger partial charge in [-0.2, -0.15) is 0 Å². The first-order chi connectivity index (χ1) is 47.7. The number of carbonyl (C=O) groups excluding carboxylic acids is 4. The maximum absolute atomic E-state index is 13.1. The lowest BCUT2D eigenvalue weighted by Gasteiger charge is -2.21. The van der Waals surface area contributed by atoms with Gasteiger partial charge < -0.3 is 33.8 Å². The highest BCUT2D eigenvalue weighted by Crippen LogP contribution is 2.45. The van der Waals surface area contributed by atoms with E-state index < -0.39 is 97.5 Å². The van der Waals surface area contributed by atoms with Crippen molar-refractivity contribution in [2.24, 2.45) is 0 Å². The van der Waals surface area contributed by atoms with E-state index in [9.17, 15) is 43.2 Å². The fourth-order valence-corrected chi connectivity index (χ4v) is 12.0. The van der Waals surface area contributed by atoms with Gasteiger partial charge in [-0.05, 0) is 116 Å². The van der Waals surface area contributed by atoms with Gasteiger partial charge in [0.2, 0.25) is 0 Å². The molecular formula is C79H140O17P2. The number of phosphoric acid groups is 2. The third-order valence-electron chi connectivity index (χ3n) is 16.3. The normalized spacial score (nSPS) is 14.4. The average molecular weight is 1420 g/mol. The fourth-order valence-electron chi connectivity index (χ4n) is 10.4. The Morgan fingerprint density at radius 1 is 0.296 bits per heavy atom. The summed E-state index contributed by atoms with van der Waals surface area (Å²) in [5, 5.41) is 10.6. The predicted molar refractivity (Wildman–Crippen MR) is 399 cm³/mol. The third kappa shape index (κ3) is 70.7. The van der Waals surface area contributed by atoms with E-state index in [0.29, 0.717) is 25.7 Å². The van der Waals surface area contributed by atoms with Crippen molar-refractivity contribution in [3.8, 4) is 0 Å². The standard InChI is InChI=1S/C79H140O17P2/c1-5-9-13-17-21-25-29-33-35-36-38-41-44-48-52-56-60-64-77(82)90-70-75(96-79(84)66-62-58-54-50-46-42-37-34-30-26-22-18-14-10-6-2)72-94-98(87,88)92-68-73(80)67-91-97(85,86)93-71-74(95-78(83)65-61-57-53-49-45-40-32-28-24-20-16-12-8-4)69-89-76(81)63-59-55-51-47-43-39-31-27-23-19-15-11-7-3/h9,13,15,19,21-22,25-27,31,33-35,37,73-75,80H,5-8,10-12,14,16-18,20,23-24,28-30,32,36,38-72H2,1-4H3,(H,85,86)(H,87,88)/b13-9-,19-15-,25-21-,26-22-,31-27-,35-33-,37-34-. The number of ether oxygens (including phenoxy) is 4. The lowest BCUT2D eigenvalue weighted by molar-refractivity contribution is -0.161. The fraction of sp³-hybridized carbons (Fsp3) is 0.772. The van der Waals surface area contributed by atoms with Gasteiger partial charge in [-0.1, -0.05) is 280 Å². The maximum atomic E-state index is 13.1. The quantitative estimate of drug-likeness (QED) is 0.0169. The van der Waals surface area contributed by atoms with Crippen molar-refractivity contribution in [3.05, 3.63) is 85.1 Å². The largest absolute Gasteiger partial charge is 0.472 e. The molecule has 3 N–H and O–H groups in total. The van der Waals surface area contributed by atoms with Gasteiger partial charge in [0.1, 0.15) is 19.3 Å². The zero-order valence-electron chi connectivity index (χ0n) is 62.0. The molecule has 0 aromatic rings. The average Bonchev–Trinajstić information content (AvgIpc) is 1.05. The van der Waals surface area contributed by atoms with Crippen LogP contribution in [0.4, 0.5) is 0 Å². The third-order valence-corrected chi connectivity index (χ3v) is 18.2. The summed E-state index contributed by atoms with van der Waals surface area (Å²) < 4.78 is 68.5. The Morgan fingerprint density at radius 2 is 0.551 bits per heavy atom. The lowest BCUT2D eigenvalue weighted by Crippen LogP contribution is -2.30. The molecule has 5 atom stereocenters. The van der Waals surface area contributed by atoms with Gasteiger partial charge in [0.25, 0.3) is 0 Å². The summed E-state index contributed by atoms with van der Waals surface area (Å²) in [4.78, 5) is 72.9. The minimum absolute atomic E-state index is 0.0779. The van der Waals surface area contributed by atoms with Gasteiger partial charge in [0.05, 0.1) is 26.4 Å². The molecule has 0 heterocycles. The van der Waals surface area contributed by atoms with Crippen molar-refractivity contribution in [1.82, 2.24) is 0 Å². The maximum Gasteiger partial charge on any atom is 0.472 e. The molecule has 0 amide bonds. The first kappa shape index (κ1) is 94.2. The molecule has 0 aliphatic carbocycles. The van der Waals surface area contributed by atoms with Crippen LogP contribution in [0.1, 0.15) is 336 Å². The summed E-state index contributed by atoms with van der Waals surface area (Å²) in [6, 6.07) is 0. The smallest absolute Gasteiger partial charge is 0.462 e. The van der Waals surface area contributed by atoms with Gasteiger partial charge >= 0.3 is 39.5 Å². The summed E-state index contributed by atoms with van der Waals surface area (Å²) in [6.07, 6.45) is 72.8. The Labute approximate surface area is 595 Å². The molecular weight excluding hydrogens is 1280 g/mol. The van der Waals surface area contributed by atoms with Crippen LogP contribution in [-0.2, 0) is 65.4 Å². The highest BCUT2D eigenvalue weighted by Gasteiger charge is 2.30. The number of hydrogen-bond acceptors (Lipinski definition) is 15. The van der Waals surface area contributed by atoms with E-state index in [-0.39, 0.29) is 25.7 Å². The zero-order valence-corrected chi connectivity index (χ0v) is 63.7. The first-order valence-corrected chi connectivity index (χ1v) is 41.8. The van der Waals surface area contributed by atoms with Gasteiger partial charge in [-0.25, -0.2) is 9.13 Å². The molecule has 0 aliphatic heterocycles. The molecule has 17 nitrogen and oxygen atoms in total. The Kier molecular flexibility index (Phi) is 68.9. The molecule has 0 radical (unpaired) electrons. The summed E-state index contributed by atoms with van der Waals surface area (Å²) in [5.41, 5.74) is 0. The second kappa shape index (κ2) is 71.6. The number of rotatable bonds is 73. The summed E-state index contributed by atoms with van der Waals surface area (Å²) >= 11 is 0. The molecule has 0 saturated heterocycles. The Morgan fingerprint density at radius 3 is 0.878 bits per heavy atom. The zero-order chi connectivity index (χ0) is 71.8. The number of hydrogen-bond donors (Lipinski definition) is 3. The molecule has 5 unspecified atom stereocenters. The van der Waals surface area contributed by atoms with Crippen molar-refractivity contribution in [3.63, 3.8) is 0 Å². The number of esters is 4. The van der Waals surface area contributed by atoms with E-state index in [1.54, 1.807) is 0 Å². The molecule has 0 fully saturated rings. The molecule has 0 aromatic heterocycles. The van der Waals surface area contributed by atoms with E-state index in [0.717, 1.165) is 186 Å². The Hall–Kier alpha value is -3.76. The van der Waals surface area contributed by atoms with Gasteiger partial charge in [-0.15, -0.1) is 0 Å². The Bertz CT molecular complexity index is 2190. The van der Waals surface area contributed by atoms with Crippen molar-refractivity contribution in [2.75, 3.05) is 39.6 Å². The van der Waals surface area contributed by atoms with E-state index in [4.69, 9.17) is 37.0 Å². The van der Waals surface area contributed by atoms with Crippen LogP contribution in [-0.4, -0.2) is 96.7 Å². The second-order valence-electron chi connectivity index (χ2n) is 25.9. The SMILES string of the molecule is CC/C=C\C/C=C\C/C=C\CCCCCCCCCC(=O)OCC(COP(=O)(O)OCC(O)COP(=O)(O)OCC(COC(=O)CCCCCCC/C=C\C/C=C\CCC)OC(=O)CCCCCCCCCCCCCCC)OC(=O)CCCCCCC/C=C\C/C=C\CCCCC. The molecule has 19 heteroatoms.